The molecule has 1 aromatic heterocycles. The molecule has 0 fully saturated rings. The third-order valence-corrected chi connectivity index (χ3v) is 3.25. The molecule has 0 unspecified atom stereocenters. The van der Waals surface area contributed by atoms with Crippen LogP contribution < -0.4 is 5.32 Å². The minimum atomic E-state index is -0.412. The zero-order chi connectivity index (χ0) is 13.9. The molecule has 0 spiro atoms. The molecule has 0 aliphatic carbocycles. The van der Waals surface area contributed by atoms with Gasteiger partial charge in [0.1, 0.15) is 5.82 Å². The third-order valence-electron chi connectivity index (χ3n) is 3.25. The summed E-state index contributed by atoms with van der Waals surface area (Å²) in [6, 6.07) is 14.3. The van der Waals surface area contributed by atoms with Gasteiger partial charge >= 0.3 is 0 Å². The Labute approximate surface area is 115 Å². The van der Waals surface area contributed by atoms with Crippen LogP contribution in [0.4, 0.5) is 10.1 Å². The minimum absolute atomic E-state index is 0.320. The van der Waals surface area contributed by atoms with Gasteiger partial charge in [-0.1, -0.05) is 12.1 Å². The Kier molecular flexibility index (Phi) is 3.10. The van der Waals surface area contributed by atoms with Crippen molar-refractivity contribution in [2.45, 2.75) is 6.54 Å². The fraction of sp³-hybridized carbons (Fsp3) is 0.0625. The Morgan fingerprint density at radius 1 is 1.20 bits per heavy atom. The van der Waals surface area contributed by atoms with Crippen molar-refractivity contribution in [2.24, 2.45) is 0 Å². The number of nitrogens with one attached hydrogen (secondary N) is 2. The van der Waals surface area contributed by atoms with E-state index in [0.29, 0.717) is 17.8 Å². The van der Waals surface area contributed by atoms with E-state index in [9.17, 15) is 4.39 Å². The van der Waals surface area contributed by atoms with E-state index >= 15 is 0 Å². The fourth-order valence-corrected chi connectivity index (χ4v) is 2.22. The average molecular weight is 265 g/mol. The van der Waals surface area contributed by atoms with Crippen LogP contribution in [0.1, 0.15) is 11.1 Å². The first-order valence-corrected chi connectivity index (χ1v) is 6.26. The van der Waals surface area contributed by atoms with Crippen molar-refractivity contribution in [1.82, 2.24) is 4.98 Å². The van der Waals surface area contributed by atoms with Gasteiger partial charge in [-0.25, -0.2) is 4.39 Å². The van der Waals surface area contributed by atoms with Gasteiger partial charge in [0.05, 0.1) is 17.3 Å². The second kappa shape index (κ2) is 5.06. The highest BCUT2D eigenvalue weighted by Crippen LogP contribution is 2.20. The van der Waals surface area contributed by atoms with Gasteiger partial charge in [0.25, 0.3) is 0 Å². The van der Waals surface area contributed by atoms with E-state index in [-0.39, 0.29) is 0 Å². The lowest BCUT2D eigenvalue weighted by atomic mass is 10.1. The summed E-state index contributed by atoms with van der Waals surface area (Å²) in [4.78, 5) is 3.15. The number of halogens is 1. The molecule has 0 atom stereocenters. The monoisotopic (exact) mass is 265 g/mol. The average Bonchev–Trinajstić information content (AvgIpc) is 2.95. The van der Waals surface area contributed by atoms with Crippen LogP contribution in [0, 0.1) is 17.1 Å². The molecule has 3 rings (SSSR count). The van der Waals surface area contributed by atoms with Gasteiger partial charge in [-0.3, -0.25) is 0 Å². The van der Waals surface area contributed by atoms with Crippen LogP contribution in [0.5, 0.6) is 0 Å². The van der Waals surface area contributed by atoms with Gasteiger partial charge in [0.2, 0.25) is 0 Å². The molecule has 98 valence electrons. The van der Waals surface area contributed by atoms with Gasteiger partial charge in [0.15, 0.2) is 0 Å². The smallest absolute Gasteiger partial charge is 0.147 e. The highest BCUT2D eigenvalue weighted by Gasteiger charge is 2.05. The standard InChI is InChI=1S/C16H12FN3/c17-14-8-11(9-18)4-5-16(14)20-10-12-2-1-3-15-13(12)6-7-19-15/h1-8,19-20H,10H2. The van der Waals surface area contributed by atoms with Gasteiger partial charge in [0, 0.05) is 23.6 Å². The van der Waals surface area contributed by atoms with E-state index in [2.05, 4.69) is 10.3 Å². The summed E-state index contributed by atoms with van der Waals surface area (Å²) in [5, 5.41) is 12.9. The van der Waals surface area contributed by atoms with E-state index in [1.165, 1.54) is 6.07 Å². The zero-order valence-corrected chi connectivity index (χ0v) is 10.7. The number of hydrogen-bond acceptors (Lipinski definition) is 2. The predicted octanol–water partition coefficient (Wildman–Crippen LogP) is 3.79. The molecule has 0 aliphatic heterocycles. The van der Waals surface area contributed by atoms with Crippen LogP contribution in [0.25, 0.3) is 10.9 Å². The SMILES string of the molecule is N#Cc1ccc(NCc2cccc3[nH]ccc23)c(F)c1. The van der Waals surface area contributed by atoms with Crippen molar-refractivity contribution in [2.75, 3.05) is 5.32 Å². The number of nitrogens with zero attached hydrogens (tertiary/aromatic N) is 1. The molecule has 0 radical (unpaired) electrons. The minimum Gasteiger partial charge on any atom is -0.379 e. The van der Waals surface area contributed by atoms with Crippen molar-refractivity contribution in [1.29, 1.82) is 5.26 Å². The van der Waals surface area contributed by atoms with E-state index in [4.69, 9.17) is 5.26 Å². The molecule has 4 heteroatoms. The molecule has 1 heterocycles. The highest BCUT2D eigenvalue weighted by atomic mass is 19.1. The molecule has 0 aliphatic rings. The van der Waals surface area contributed by atoms with Gasteiger partial charge in [-0.15, -0.1) is 0 Å². The lowest BCUT2D eigenvalue weighted by molar-refractivity contribution is 0.629. The quantitative estimate of drug-likeness (QED) is 0.757. The Hall–Kier alpha value is -2.80. The van der Waals surface area contributed by atoms with Crippen molar-refractivity contribution in [3.8, 4) is 6.07 Å². The Balaban J connectivity index is 1.83. The predicted molar refractivity (Wildman–Crippen MR) is 76.7 cm³/mol. The lowest BCUT2D eigenvalue weighted by Gasteiger charge is -2.09. The van der Waals surface area contributed by atoms with E-state index < -0.39 is 5.82 Å². The Morgan fingerprint density at radius 3 is 2.90 bits per heavy atom. The molecular formula is C16H12FN3. The second-order valence-electron chi connectivity index (χ2n) is 4.52. The Bertz CT molecular complexity index is 799. The number of rotatable bonds is 3. The highest BCUT2D eigenvalue weighted by molar-refractivity contribution is 5.83. The van der Waals surface area contributed by atoms with Gasteiger partial charge in [-0.05, 0) is 35.9 Å². The normalized spacial score (nSPS) is 10.4. The van der Waals surface area contributed by atoms with Gasteiger partial charge < -0.3 is 10.3 Å². The summed E-state index contributed by atoms with van der Waals surface area (Å²) in [7, 11) is 0. The summed E-state index contributed by atoms with van der Waals surface area (Å²) in [5.41, 5.74) is 2.87. The van der Waals surface area contributed by atoms with Crippen LogP contribution in [0.3, 0.4) is 0 Å². The maximum atomic E-state index is 13.8. The molecule has 3 aromatic rings. The number of benzene rings is 2. The molecule has 0 saturated carbocycles. The first-order valence-electron chi connectivity index (χ1n) is 6.26. The largest absolute Gasteiger partial charge is 0.379 e. The third kappa shape index (κ3) is 2.21. The number of hydrogen-bond donors (Lipinski definition) is 2. The van der Waals surface area contributed by atoms with Gasteiger partial charge in [-0.2, -0.15) is 5.26 Å². The number of aromatic amines is 1. The van der Waals surface area contributed by atoms with E-state index in [1.54, 1.807) is 12.1 Å². The molecule has 0 amide bonds. The molecule has 3 nitrogen and oxygen atoms in total. The summed E-state index contributed by atoms with van der Waals surface area (Å²) in [5.74, 6) is -0.412. The number of H-pyrrole nitrogens is 1. The lowest BCUT2D eigenvalue weighted by Crippen LogP contribution is -2.02. The molecule has 20 heavy (non-hydrogen) atoms. The first-order chi connectivity index (χ1) is 9.78. The summed E-state index contributed by atoms with van der Waals surface area (Å²) in [6.07, 6.45) is 1.89. The first kappa shape index (κ1) is 12.2. The van der Waals surface area contributed by atoms with E-state index in [1.807, 2.05) is 36.5 Å². The molecule has 0 saturated heterocycles. The Morgan fingerprint density at radius 2 is 2.10 bits per heavy atom. The van der Waals surface area contributed by atoms with Crippen molar-refractivity contribution in [3.05, 3.63) is 65.6 Å². The van der Waals surface area contributed by atoms with Crippen molar-refractivity contribution >= 4 is 16.6 Å². The summed E-state index contributed by atoms with van der Waals surface area (Å²) >= 11 is 0. The number of fused-ring (bicyclic) bond motifs is 1. The zero-order valence-electron chi connectivity index (χ0n) is 10.7. The second-order valence-corrected chi connectivity index (χ2v) is 4.52. The fourth-order valence-electron chi connectivity index (χ4n) is 2.22. The number of nitriles is 1. The van der Waals surface area contributed by atoms with Crippen LogP contribution in [0.2, 0.25) is 0 Å². The maximum absolute atomic E-state index is 13.8. The van der Waals surface area contributed by atoms with Crippen LogP contribution >= 0.6 is 0 Å². The maximum Gasteiger partial charge on any atom is 0.147 e. The van der Waals surface area contributed by atoms with E-state index in [0.717, 1.165) is 16.5 Å². The molecule has 2 aromatic carbocycles. The number of aromatic nitrogens is 1. The van der Waals surface area contributed by atoms with Crippen LogP contribution in [0.15, 0.2) is 48.7 Å². The van der Waals surface area contributed by atoms with Crippen LogP contribution in [-0.2, 0) is 6.54 Å². The summed E-state index contributed by atoms with van der Waals surface area (Å²) in [6.45, 7) is 0.526. The molecular weight excluding hydrogens is 253 g/mol. The molecule has 2 N–H and O–H groups in total. The molecule has 0 bridgehead atoms. The van der Waals surface area contributed by atoms with Crippen LogP contribution in [-0.4, -0.2) is 4.98 Å². The number of anilines is 1. The van der Waals surface area contributed by atoms with Crippen molar-refractivity contribution in [3.63, 3.8) is 0 Å². The topological polar surface area (TPSA) is 51.6 Å². The summed E-state index contributed by atoms with van der Waals surface area (Å²) < 4.78 is 13.8. The van der Waals surface area contributed by atoms with Crippen molar-refractivity contribution < 1.29 is 4.39 Å².